The highest BCUT2D eigenvalue weighted by atomic mass is 15.6. The smallest absolute Gasteiger partial charge is 0.172 e. The molecule has 0 spiro atoms. The van der Waals surface area contributed by atoms with Gasteiger partial charge in [-0.15, -0.1) is 10.2 Å². The third-order valence-corrected chi connectivity index (χ3v) is 7.96. The number of hydrogen-bond acceptors (Lipinski definition) is 10. The Morgan fingerprint density at radius 1 is 0.380 bits per heavy atom. The Bertz CT molecular complexity index is 2150. The van der Waals surface area contributed by atoms with Crippen LogP contribution in [0.4, 0.5) is 22.7 Å². The topological polar surface area (TPSA) is 133 Å². The number of anilines is 4. The standard InChI is InChI=1S/C40H24N10/c41-25-31(26-42)39-47(33-13-5-1-6-14-33)37(45-49(39)35-17-9-3-10-18-35)29-21-23-30(24-22-29)38-46-50(36-19-11-4-12-20-36)40(32(27-43)28-44)48(38)34-15-7-2-8-16-34/h1-24H. The molecule has 10 heteroatoms. The Hall–Kier alpha value is -7.92. The maximum atomic E-state index is 10.0. The van der Waals surface area contributed by atoms with Crippen molar-refractivity contribution in [2.45, 2.75) is 0 Å². The van der Waals surface area contributed by atoms with Gasteiger partial charge in [0.1, 0.15) is 24.3 Å². The van der Waals surface area contributed by atoms with Crippen LogP contribution < -0.4 is 19.8 Å². The van der Waals surface area contributed by atoms with E-state index in [9.17, 15) is 21.0 Å². The van der Waals surface area contributed by atoms with Crippen molar-refractivity contribution >= 4 is 34.4 Å². The van der Waals surface area contributed by atoms with Crippen molar-refractivity contribution in [1.82, 2.24) is 0 Å². The summed E-state index contributed by atoms with van der Waals surface area (Å²) >= 11 is 0. The highest BCUT2D eigenvalue weighted by Crippen LogP contribution is 2.38. The zero-order valence-corrected chi connectivity index (χ0v) is 26.3. The van der Waals surface area contributed by atoms with Crippen LogP contribution in [0, 0.1) is 45.3 Å². The largest absolute Gasteiger partial charge is 0.275 e. The monoisotopic (exact) mass is 644 g/mol. The van der Waals surface area contributed by atoms with Gasteiger partial charge < -0.3 is 0 Å². The zero-order chi connectivity index (χ0) is 34.5. The number of benzene rings is 5. The van der Waals surface area contributed by atoms with Crippen LogP contribution in [0.1, 0.15) is 11.1 Å². The fourth-order valence-electron chi connectivity index (χ4n) is 5.73. The van der Waals surface area contributed by atoms with Crippen LogP contribution in [0.25, 0.3) is 0 Å². The maximum Gasteiger partial charge on any atom is 0.172 e. The average molecular weight is 645 g/mol. The lowest BCUT2D eigenvalue weighted by atomic mass is 10.1. The summed E-state index contributed by atoms with van der Waals surface area (Å²) in [5, 5.41) is 53.4. The van der Waals surface area contributed by atoms with Crippen LogP contribution in [-0.2, 0) is 0 Å². The van der Waals surface area contributed by atoms with Crippen LogP contribution in [0.2, 0.25) is 0 Å². The fraction of sp³-hybridized carbons (Fsp3) is 0. The number of amidine groups is 2. The molecule has 2 aliphatic heterocycles. The summed E-state index contributed by atoms with van der Waals surface area (Å²) in [5.74, 6) is 1.63. The first-order valence-corrected chi connectivity index (χ1v) is 15.4. The summed E-state index contributed by atoms with van der Waals surface area (Å²) in [6.07, 6.45) is 0. The molecule has 0 amide bonds. The van der Waals surface area contributed by atoms with Crippen LogP contribution >= 0.6 is 0 Å². The van der Waals surface area contributed by atoms with E-state index in [1.807, 2.05) is 146 Å². The molecule has 5 aromatic rings. The number of rotatable bonds is 6. The molecule has 50 heavy (non-hydrogen) atoms. The molecule has 0 bridgehead atoms. The van der Waals surface area contributed by atoms with Crippen molar-refractivity contribution in [3.8, 4) is 24.3 Å². The number of para-hydroxylation sites is 4. The Kier molecular flexibility index (Phi) is 8.26. The molecule has 0 unspecified atom stereocenters. The van der Waals surface area contributed by atoms with Gasteiger partial charge in [-0.25, -0.2) is 10.0 Å². The van der Waals surface area contributed by atoms with E-state index in [1.165, 1.54) is 0 Å². The van der Waals surface area contributed by atoms with Gasteiger partial charge in [0.05, 0.1) is 11.4 Å². The molecule has 2 aliphatic rings. The molecule has 234 valence electrons. The first-order valence-electron chi connectivity index (χ1n) is 15.4. The number of hydrazone groups is 2. The molecule has 0 saturated carbocycles. The van der Waals surface area contributed by atoms with Gasteiger partial charge in [0.15, 0.2) is 34.5 Å². The average Bonchev–Trinajstić information content (AvgIpc) is 3.78. The molecule has 7 rings (SSSR count). The molecular weight excluding hydrogens is 621 g/mol. The van der Waals surface area contributed by atoms with E-state index >= 15 is 0 Å². The second kappa shape index (κ2) is 13.4. The summed E-state index contributed by atoms with van der Waals surface area (Å²) < 4.78 is 0. The van der Waals surface area contributed by atoms with Crippen molar-refractivity contribution in [3.05, 3.63) is 180 Å². The minimum Gasteiger partial charge on any atom is -0.275 e. The Morgan fingerprint density at radius 3 is 0.940 bits per heavy atom. The Morgan fingerprint density at radius 2 is 0.660 bits per heavy atom. The van der Waals surface area contributed by atoms with E-state index in [-0.39, 0.29) is 11.1 Å². The number of nitrogens with zero attached hydrogens (tertiary/aromatic N) is 10. The van der Waals surface area contributed by atoms with Crippen molar-refractivity contribution < 1.29 is 0 Å². The highest BCUT2D eigenvalue weighted by molar-refractivity contribution is 6.17. The van der Waals surface area contributed by atoms with E-state index < -0.39 is 0 Å². The summed E-state index contributed by atoms with van der Waals surface area (Å²) in [7, 11) is 0. The van der Waals surface area contributed by atoms with Gasteiger partial charge in [-0.1, -0.05) is 97.1 Å². The Labute approximate surface area is 288 Å². The van der Waals surface area contributed by atoms with Gasteiger partial charge in [-0.2, -0.15) is 21.0 Å². The minimum absolute atomic E-state index is 0.0991. The highest BCUT2D eigenvalue weighted by Gasteiger charge is 2.37. The van der Waals surface area contributed by atoms with Gasteiger partial charge in [0.2, 0.25) is 0 Å². The molecule has 10 nitrogen and oxygen atoms in total. The quantitative estimate of drug-likeness (QED) is 0.173. The lowest BCUT2D eigenvalue weighted by Gasteiger charge is -2.25. The normalized spacial score (nSPS) is 13.5. The summed E-state index contributed by atoms with van der Waals surface area (Å²) in [6, 6.07) is 53.4. The SMILES string of the molecule is N#CC(C#N)=C1N(c2ccccc2)N=C(c2ccc(C3=NN(c4ccccc4)C(=C(C#N)C#N)N3c3ccccc3)cc2)N1c1ccccc1. The summed E-state index contributed by atoms with van der Waals surface area (Å²) in [6.45, 7) is 0. The summed E-state index contributed by atoms with van der Waals surface area (Å²) in [4.78, 5) is 3.61. The second-order valence-corrected chi connectivity index (χ2v) is 10.9. The maximum absolute atomic E-state index is 10.0. The van der Waals surface area contributed by atoms with E-state index in [4.69, 9.17) is 10.2 Å². The second-order valence-electron chi connectivity index (χ2n) is 10.9. The van der Waals surface area contributed by atoms with Crippen LogP contribution in [0.3, 0.4) is 0 Å². The molecule has 2 heterocycles. The Balaban J connectivity index is 1.38. The number of nitriles is 4. The molecule has 5 aromatic carbocycles. The molecule has 0 atom stereocenters. The molecule has 0 N–H and O–H groups in total. The van der Waals surface area contributed by atoms with Crippen LogP contribution in [0.5, 0.6) is 0 Å². The first kappa shape index (κ1) is 30.7. The number of allylic oxidation sites excluding steroid dienone is 2. The van der Waals surface area contributed by atoms with Crippen LogP contribution in [0.15, 0.2) is 179 Å². The van der Waals surface area contributed by atoms with Crippen LogP contribution in [-0.4, -0.2) is 11.7 Å². The van der Waals surface area contributed by atoms with Gasteiger partial charge in [0.25, 0.3) is 0 Å². The predicted octanol–water partition coefficient (Wildman–Crippen LogP) is 7.58. The van der Waals surface area contributed by atoms with E-state index in [2.05, 4.69) is 24.3 Å². The van der Waals surface area contributed by atoms with Gasteiger partial charge >= 0.3 is 0 Å². The van der Waals surface area contributed by atoms with Crippen molar-refractivity contribution in [2.75, 3.05) is 19.8 Å². The molecular formula is C40H24N10. The molecule has 0 radical (unpaired) electrons. The lowest BCUT2D eigenvalue weighted by Crippen LogP contribution is -2.31. The predicted molar refractivity (Wildman–Crippen MR) is 192 cm³/mol. The zero-order valence-electron chi connectivity index (χ0n) is 26.3. The molecule has 0 fully saturated rings. The van der Waals surface area contributed by atoms with Crippen molar-refractivity contribution in [1.29, 1.82) is 21.0 Å². The fourth-order valence-corrected chi connectivity index (χ4v) is 5.73. The van der Waals surface area contributed by atoms with Gasteiger partial charge in [-0.3, -0.25) is 9.80 Å². The van der Waals surface area contributed by atoms with E-state index in [0.717, 1.165) is 11.4 Å². The molecule has 0 aliphatic carbocycles. The first-order chi connectivity index (χ1) is 24.7. The van der Waals surface area contributed by atoms with Crippen molar-refractivity contribution in [3.63, 3.8) is 0 Å². The van der Waals surface area contributed by atoms with Gasteiger partial charge in [-0.05, 0) is 48.5 Å². The third-order valence-electron chi connectivity index (χ3n) is 7.96. The van der Waals surface area contributed by atoms with E-state index in [1.54, 1.807) is 19.8 Å². The summed E-state index contributed by atoms with van der Waals surface area (Å²) in [5.41, 5.74) is 4.02. The minimum atomic E-state index is -0.0991. The third kappa shape index (κ3) is 5.44. The molecule has 0 aromatic heterocycles. The number of hydrogen-bond donors (Lipinski definition) is 0. The molecule has 0 saturated heterocycles. The lowest BCUT2D eigenvalue weighted by molar-refractivity contribution is 1.01. The van der Waals surface area contributed by atoms with Gasteiger partial charge in [0, 0.05) is 22.5 Å². The van der Waals surface area contributed by atoms with Crippen molar-refractivity contribution in [2.24, 2.45) is 10.2 Å². The van der Waals surface area contributed by atoms with E-state index in [0.29, 0.717) is 45.8 Å².